The second-order valence-electron chi connectivity index (χ2n) is 24.7. The van der Waals surface area contributed by atoms with Crippen molar-refractivity contribution in [2.75, 3.05) is 0 Å². The van der Waals surface area contributed by atoms with Crippen molar-refractivity contribution in [3.8, 4) is 112 Å². The molecule has 0 fully saturated rings. The summed E-state index contributed by atoms with van der Waals surface area (Å²) in [6, 6.07) is 105. The highest BCUT2D eigenvalue weighted by atomic mass is 16.3. The Labute approximate surface area is 532 Å². The van der Waals surface area contributed by atoms with Crippen LogP contribution in [0.2, 0.25) is 0 Å². The van der Waals surface area contributed by atoms with Gasteiger partial charge in [0.1, 0.15) is 11.2 Å². The molecule has 93 heavy (non-hydrogen) atoms. The molecule has 21 rings (SSSR count). The van der Waals surface area contributed by atoms with E-state index in [0.29, 0.717) is 5.82 Å². The van der Waals surface area contributed by atoms with Crippen LogP contribution >= 0.6 is 0 Å². The van der Waals surface area contributed by atoms with Gasteiger partial charge >= 0.3 is 0 Å². The smallest absolute Gasteiger partial charge is 0.161 e. The highest BCUT2D eigenvalue weighted by molar-refractivity contribution is 6.20. The van der Waals surface area contributed by atoms with E-state index in [1.807, 2.05) is 0 Å². The average molecular weight is 1180 g/mol. The lowest BCUT2D eigenvalue weighted by atomic mass is 9.92. The predicted octanol–water partition coefficient (Wildman–Crippen LogP) is 22.4. The van der Waals surface area contributed by atoms with Gasteiger partial charge in [-0.05, 0) is 170 Å². The molecule has 0 atom stereocenters. The highest BCUT2D eigenvalue weighted by Gasteiger charge is 2.28. The Morgan fingerprint density at radius 3 is 1.47 bits per heavy atom. The molecule has 0 saturated carbocycles. The van der Waals surface area contributed by atoms with Crippen molar-refractivity contribution in [3.63, 3.8) is 0 Å². The lowest BCUT2D eigenvalue weighted by Gasteiger charge is -2.14. The van der Waals surface area contributed by atoms with Gasteiger partial charge in [0.15, 0.2) is 11.6 Å². The molecule has 0 unspecified atom stereocenters. The molecule has 14 aromatic carbocycles. The highest BCUT2D eigenvalue weighted by Crippen LogP contribution is 2.51. The second kappa shape index (κ2) is 19.0. The van der Waals surface area contributed by atoms with Crippen LogP contribution in [0.4, 0.5) is 0 Å². The molecule has 5 aromatic heterocycles. The van der Waals surface area contributed by atoms with Gasteiger partial charge < -0.3 is 13.6 Å². The third-order valence-electron chi connectivity index (χ3n) is 19.8. The van der Waals surface area contributed by atoms with Crippen LogP contribution in [0.3, 0.4) is 0 Å². The quantitative estimate of drug-likeness (QED) is 0.159. The lowest BCUT2D eigenvalue weighted by molar-refractivity contribution is 0.669. The van der Waals surface area contributed by atoms with Crippen molar-refractivity contribution in [3.05, 3.63) is 291 Å². The Balaban J connectivity index is 0.614. The fraction of sp³-hybridized carbons (Fsp3) is 0. The fourth-order valence-corrected chi connectivity index (χ4v) is 15.7. The zero-order chi connectivity index (χ0) is 60.6. The minimum atomic E-state index is 0.684. The van der Waals surface area contributed by atoms with Crippen LogP contribution in [-0.4, -0.2) is 29.1 Å². The summed E-state index contributed by atoms with van der Waals surface area (Å²) >= 11 is 0. The van der Waals surface area contributed by atoms with Crippen molar-refractivity contribution in [1.82, 2.24) is 29.1 Å². The molecule has 0 aliphatic heterocycles. The van der Waals surface area contributed by atoms with E-state index in [4.69, 9.17) is 24.4 Å². The topological polar surface area (TPSA) is 74.6 Å². The number of aromatic nitrogens is 6. The number of fused-ring (bicyclic) bond motifs is 16. The minimum absolute atomic E-state index is 0.684. The minimum Gasteiger partial charge on any atom is -0.456 e. The molecule has 0 spiro atoms. The molecule has 0 saturated heterocycles. The number of benzene rings is 14. The van der Waals surface area contributed by atoms with Crippen LogP contribution in [0, 0.1) is 0 Å². The van der Waals surface area contributed by atoms with Gasteiger partial charge in [0, 0.05) is 76.7 Å². The number of nitrogens with zero attached hydrogens (tertiary/aromatic N) is 6. The largest absolute Gasteiger partial charge is 0.456 e. The van der Waals surface area contributed by atoms with Gasteiger partial charge in [-0.1, -0.05) is 188 Å². The third-order valence-corrected chi connectivity index (χ3v) is 19.8. The Morgan fingerprint density at radius 1 is 0.226 bits per heavy atom. The Hall–Kier alpha value is -12.6. The van der Waals surface area contributed by atoms with Crippen molar-refractivity contribution >= 4 is 98.1 Å². The van der Waals surface area contributed by atoms with Crippen LogP contribution in [0.5, 0.6) is 0 Å². The predicted molar refractivity (Wildman–Crippen MR) is 382 cm³/mol. The summed E-state index contributed by atoms with van der Waals surface area (Å²) in [5, 5.41) is 11.4. The van der Waals surface area contributed by atoms with Gasteiger partial charge in [-0.15, -0.1) is 0 Å². The normalized spacial score (nSPS) is 12.3. The first kappa shape index (κ1) is 50.3. The molecule has 0 radical (unpaired) electrons. The van der Waals surface area contributed by atoms with Crippen LogP contribution in [0.1, 0.15) is 0 Å². The summed E-state index contributed by atoms with van der Waals surface area (Å²) < 4.78 is 11.3. The van der Waals surface area contributed by atoms with Gasteiger partial charge in [0.05, 0.1) is 44.5 Å². The Bertz CT molecular complexity index is 6490. The van der Waals surface area contributed by atoms with Crippen LogP contribution in [-0.2, 0) is 0 Å². The summed E-state index contributed by atoms with van der Waals surface area (Å²) in [4.78, 5) is 21.3. The van der Waals surface area contributed by atoms with E-state index in [2.05, 4.69) is 300 Å². The summed E-state index contributed by atoms with van der Waals surface area (Å²) in [5.41, 5.74) is 28.2. The molecule has 7 nitrogen and oxygen atoms in total. The van der Waals surface area contributed by atoms with Gasteiger partial charge in [-0.2, -0.15) is 0 Å². The molecule has 0 amide bonds. The van der Waals surface area contributed by atoms with Gasteiger partial charge in [0.25, 0.3) is 0 Å². The molecule has 428 valence electrons. The molecule has 7 heteroatoms. The maximum atomic E-state index is 6.51. The third kappa shape index (κ3) is 7.24. The first-order valence-corrected chi connectivity index (χ1v) is 31.7. The molecule has 2 aliphatic rings. The summed E-state index contributed by atoms with van der Waals surface area (Å²) in [6.07, 6.45) is 0. The van der Waals surface area contributed by atoms with Crippen LogP contribution in [0.15, 0.2) is 296 Å². The van der Waals surface area contributed by atoms with E-state index in [1.165, 1.54) is 54.8 Å². The van der Waals surface area contributed by atoms with Gasteiger partial charge in [-0.25, -0.2) is 19.9 Å². The van der Waals surface area contributed by atoms with E-state index in [0.717, 1.165) is 150 Å². The Morgan fingerprint density at radius 2 is 0.699 bits per heavy atom. The van der Waals surface area contributed by atoms with Crippen molar-refractivity contribution < 1.29 is 4.42 Å². The molecule has 0 bridgehead atoms. The van der Waals surface area contributed by atoms with E-state index >= 15 is 0 Å². The number of hydrogen-bond acceptors (Lipinski definition) is 5. The van der Waals surface area contributed by atoms with E-state index in [-0.39, 0.29) is 0 Å². The fourth-order valence-electron chi connectivity index (χ4n) is 15.7. The number of para-hydroxylation sites is 3. The lowest BCUT2D eigenvalue weighted by Crippen LogP contribution is -1.95. The van der Waals surface area contributed by atoms with Crippen molar-refractivity contribution in [1.29, 1.82) is 0 Å². The maximum Gasteiger partial charge on any atom is 0.161 e. The van der Waals surface area contributed by atoms with Gasteiger partial charge in [-0.3, -0.25) is 0 Å². The van der Waals surface area contributed by atoms with Crippen molar-refractivity contribution in [2.24, 2.45) is 0 Å². The van der Waals surface area contributed by atoms with Gasteiger partial charge in [0.2, 0.25) is 0 Å². The monoisotopic (exact) mass is 1180 g/mol. The average Bonchev–Trinajstić information content (AvgIpc) is 1.64. The van der Waals surface area contributed by atoms with E-state index in [9.17, 15) is 0 Å². The van der Waals surface area contributed by atoms with E-state index < -0.39 is 0 Å². The maximum absolute atomic E-state index is 6.51. The number of hydrogen-bond donors (Lipinski definition) is 0. The summed E-state index contributed by atoms with van der Waals surface area (Å²) in [6.45, 7) is 0. The second-order valence-corrected chi connectivity index (χ2v) is 24.7. The zero-order valence-corrected chi connectivity index (χ0v) is 49.8. The first-order valence-electron chi connectivity index (χ1n) is 31.7. The first-order chi connectivity index (χ1) is 46.1. The SMILES string of the molecule is c1ccc(-n2c3ccccc3c3ccc(-c4ccc5oc6ccc(-c7nc8c9c(cccc9n7)-c7cc(-c9ccc(-n%10c%11ccccc%11c%11c(-c%12ccc(-c%13nc%14c%15c(cccc%15n%13)-c%13ccccc%13-%14)c%13ccccc%12%13)cccc%11%10)cc9)ccc7-8)cc6c5c4)cc32)cc1. The molecule has 2 aliphatic carbocycles. The number of rotatable bonds is 7. The molecule has 19 aromatic rings. The molecular formula is C86H48N6O. The molecular weight excluding hydrogens is 1130 g/mol. The van der Waals surface area contributed by atoms with Crippen LogP contribution in [0.25, 0.3) is 210 Å². The summed E-state index contributed by atoms with van der Waals surface area (Å²) in [7, 11) is 0. The van der Waals surface area contributed by atoms with Crippen LogP contribution < -0.4 is 0 Å². The molecule has 5 heterocycles. The molecule has 0 N–H and O–H groups in total. The Kier molecular flexibility index (Phi) is 10.3. The number of furan rings is 1. The summed E-state index contributed by atoms with van der Waals surface area (Å²) in [5.74, 6) is 1.42. The van der Waals surface area contributed by atoms with Crippen molar-refractivity contribution in [2.45, 2.75) is 0 Å². The standard InChI is InChI=1S/C86H48N6O/c1-2-15-54(16-3-1)92-74-28-10-8-20-60(74)61-39-33-52(48-77(61)92)51-35-43-78-70(46-51)71-47-53(36-44-79(71)93-78)85-87-72-26-13-24-64-69-45-50(34-40-66(69)84(89-85)82(64)72)49-31-37-55(38-32-49)91-75-29-11-9-22-68(75)80-62(25-14-30-76(80)91)59-41-42-67(57-18-5-4-17-56(57)59)86-88-73-27-12-23-63-58-19-6-7-21-65(58)83(90-86)81(63)73/h1-48H. The van der Waals surface area contributed by atoms with E-state index in [1.54, 1.807) is 0 Å². The zero-order valence-electron chi connectivity index (χ0n) is 49.8.